The lowest BCUT2D eigenvalue weighted by atomic mass is 9.89. The second-order valence-electron chi connectivity index (χ2n) is 5.56. The van der Waals surface area contributed by atoms with E-state index >= 15 is 0 Å². The average molecular weight is 289 g/mol. The number of nitrogens with one attached hydrogen (secondary N) is 1. The van der Waals surface area contributed by atoms with Gasteiger partial charge in [0.25, 0.3) is 0 Å². The molecule has 1 atom stereocenters. The molecule has 0 fully saturated rings. The summed E-state index contributed by atoms with van der Waals surface area (Å²) in [7, 11) is 0. The third-order valence-corrected chi connectivity index (χ3v) is 4.08. The van der Waals surface area contributed by atoms with E-state index in [-0.39, 0.29) is 11.3 Å². The monoisotopic (exact) mass is 289 g/mol. The SMILES string of the molecule is Cc1ccc(C2C=CNc3oc4ccccc4c(=O)c32)cc1. The van der Waals surface area contributed by atoms with Gasteiger partial charge in [-0.2, -0.15) is 0 Å². The Morgan fingerprint density at radius 2 is 1.82 bits per heavy atom. The largest absolute Gasteiger partial charge is 0.440 e. The molecule has 3 heteroatoms. The van der Waals surface area contributed by atoms with E-state index < -0.39 is 0 Å². The third kappa shape index (κ3) is 1.94. The Labute approximate surface area is 127 Å². The number of allylic oxidation sites excluding steroid dienone is 1. The van der Waals surface area contributed by atoms with Crippen molar-refractivity contribution in [3.05, 3.63) is 87.7 Å². The number of fused-ring (bicyclic) bond motifs is 2. The molecule has 0 bridgehead atoms. The van der Waals surface area contributed by atoms with Crippen LogP contribution in [0.25, 0.3) is 11.0 Å². The van der Waals surface area contributed by atoms with Crippen molar-refractivity contribution in [3.63, 3.8) is 0 Å². The molecule has 0 saturated heterocycles. The van der Waals surface area contributed by atoms with Crippen LogP contribution in [0, 0.1) is 6.92 Å². The molecule has 2 aromatic carbocycles. The van der Waals surface area contributed by atoms with E-state index in [1.165, 1.54) is 5.56 Å². The molecule has 1 aliphatic rings. The molecule has 1 aromatic heterocycles. The van der Waals surface area contributed by atoms with Gasteiger partial charge in [0.15, 0.2) is 5.43 Å². The van der Waals surface area contributed by atoms with Crippen LogP contribution in [-0.4, -0.2) is 0 Å². The van der Waals surface area contributed by atoms with Crippen LogP contribution in [0.1, 0.15) is 22.6 Å². The van der Waals surface area contributed by atoms with Gasteiger partial charge in [0.1, 0.15) is 5.58 Å². The van der Waals surface area contributed by atoms with E-state index in [1.54, 1.807) is 0 Å². The first-order valence-corrected chi connectivity index (χ1v) is 7.29. The van der Waals surface area contributed by atoms with Gasteiger partial charge in [-0.05, 0) is 24.6 Å². The summed E-state index contributed by atoms with van der Waals surface area (Å²) in [5.74, 6) is 0.453. The van der Waals surface area contributed by atoms with Gasteiger partial charge >= 0.3 is 0 Å². The van der Waals surface area contributed by atoms with Gasteiger partial charge in [0, 0.05) is 12.1 Å². The number of anilines is 1. The molecule has 0 spiro atoms. The Balaban J connectivity index is 1.97. The van der Waals surface area contributed by atoms with Crippen LogP contribution in [0.15, 0.2) is 70.0 Å². The predicted molar refractivity (Wildman–Crippen MR) is 88.3 cm³/mol. The highest BCUT2D eigenvalue weighted by Crippen LogP contribution is 2.34. The molecule has 3 aromatic rings. The Kier molecular flexibility index (Phi) is 2.86. The number of aryl methyl sites for hydroxylation is 1. The van der Waals surface area contributed by atoms with Crippen LogP contribution in [-0.2, 0) is 0 Å². The topological polar surface area (TPSA) is 42.2 Å². The Morgan fingerprint density at radius 3 is 2.64 bits per heavy atom. The first kappa shape index (κ1) is 12.9. The summed E-state index contributed by atoms with van der Waals surface area (Å²) < 4.78 is 5.88. The molecule has 0 amide bonds. The Bertz CT molecular complexity index is 936. The minimum Gasteiger partial charge on any atom is -0.440 e. The normalized spacial score (nSPS) is 16.3. The fourth-order valence-electron chi connectivity index (χ4n) is 2.91. The Morgan fingerprint density at radius 1 is 1.05 bits per heavy atom. The minimum absolute atomic E-state index is 0.0271. The predicted octanol–water partition coefficient (Wildman–Crippen LogP) is 4.17. The summed E-state index contributed by atoms with van der Waals surface area (Å²) in [6.45, 7) is 2.05. The van der Waals surface area contributed by atoms with Crippen molar-refractivity contribution in [1.82, 2.24) is 0 Å². The number of para-hydroxylation sites is 1. The fraction of sp³-hybridized carbons (Fsp3) is 0.105. The highest BCUT2D eigenvalue weighted by molar-refractivity contribution is 5.80. The van der Waals surface area contributed by atoms with Gasteiger partial charge in [-0.3, -0.25) is 4.79 Å². The molecular weight excluding hydrogens is 274 g/mol. The summed E-state index contributed by atoms with van der Waals surface area (Å²) in [4.78, 5) is 12.9. The van der Waals surface area contributed by atoms with E-state index in [0.29, 0.717) is 22.4 Å². The molecule has 2 heterocycles. The van der Waals surface area contributed by atoms with Crippen molar-refractivity contribution in [1.29, 1.82) is 0 Å². The lowest BCUT2D eigenvalue weighted by Crippen LogP contribution is -2.19. The number of benzene rings is 2. The third-order valence-electron chi connectivity index (χ3n) is 4.08. The van der Waals surface area contributed by atoms with E-state index in [0.717, 1.165) is 5.56 Å². The highest BCUT2D eigenvalue weighted by atomic mass is 16.3. The quantitative estimate of drug-likeness (QED) is 0.731. The molecule has 1 N–H and O–H groups in total. The molecule has 4 rings (SSSR count). The number of hydrogen-bond donors (Lipinski definition) is 1. The van der Waals surface area contributed by atoms with E-state index in [2.05, 4.69) is 36.5 Å². The van der Waals surface area contributed by atoms with Crippen molar-refractivity contribution < 1.29 is 4.42 Å². The fourth-order valence-corrected chi connectivity index (χ4v) is 2.91. The molecule has 1 aliphatic heterocycles. The van der Waals surface area contributed by atoms with Crippen molar-refractivity contribution in [3.8, 4) is 0 Å². The van der Waals surface area contributed by atoms with Crippen LogP contribution in [0.5, 0.6) is 0 Å². The molecular formula is C19H15NO2. The summed E-state index contributed by atoms with van der Waals surface area (Å²) in [5, 5.41) is 3.68. The van der Waals surface area contributed by atoms with Crippen LogP contribution < -0.4 is 10.7 Å². The van der Waals surface area contributed by atoms with Crippen LogP contribution in [0.2, 0.25) is 0 Å². The maximum Gasteiger partial charge on any atom is 0.205 e. The van der Waals surface area contributed by atoms with Crippen molar-refractivity contribution in [2.45, 2.75) is 12.8 Å². The smallest absolute Gasteiger partial charge is 0.205 e. The van der Waals surface area contributed by atoms with Crippen LogP contribution in [0.4, 0.5) is 5.88 Å². The number of hydrogen-bond acceptors (Lipinski definition) is 3. The maximum atomic E-state index is 12.9. The summed E-state index contributed by atoms with van der Waals surface area (Å²) in [6.07, 6.45) is 3.84. The zero-order valence-electron chi connectivity index (χ0n) is 12.2. The number of rotatable bonds is 1. The first-order valence-electron chi connectivity index (χ1n) is 7.29. The van der Waals surface area contributed by atoms with Crippen LogP contribution in [0.3, 0.4) is 0 Å². The molecule has 0 aliphatic carbocycles. The van der Waals surface area contributed by atoms with E-state index in [1.807, 2.05) is 36.5 Å². The van der Waals surface area contributed by atoms with Gasteiger partial charge < -0.3 is 9.73 Å². The van der Waals surface area contributed by atoms with Gasteiger partial charge in [-0.15, -0.1) is 0 Å². The van der Waals surface area contributed by atoms with Crippen molar-refractivity contribution in [2.24, 2.45) is 0 Å². The average Bonchev–Trinajstić information content (AvgIpc) is 2.55. The standard InChI is InChI=1S/C19H15NO2/c1-12-6-8-13(9-7-12)14-10-11-20-19-17(14)18(21)15-4-2-3-5-16(15)22-19/h2-11,14,20H,1H3. The minimum atomic E-state index is -0.0855. The van der Waals surface area contributed by atoms with Gasteiger partial charge in [0.2, 0.25) is 5.88 Å². The second kappa shape index (κ2) is 4.88. The lowest BCUT2D eigenvalue weighted by molar-refractivity contribution is 0.608. The molecule has 22 heavy (non-hydrogen) atoms. The molecule has 0 saturated carbocycles. The molecule has 0 radical (unpaired) electrons. The molecule has 1 unspecified atom stereocenters. The summed E-state index contributed by atoms with van der Waals surface area (Å²) in [6, 6.07) is 15.6. The van der Waals surface area contributed by atoms with Gasteiger partial charge in [0.05, 0.1) is 10.9 Å². The Hall–Kier alpha value is -2.81. The zero-order valence-corrected chi connectivity index (χ0v) is 12.2. The zero-order chi connectivity index (χ0) is 15.1. The van der Waals surface area contributed by atoms with Crippen molar-refractivity contribution in [2.75, 3.05) is 5.32 Å². The molecule has 108 valence electrons. The summed E-state index contributed by atoms with van der Waals surface area (Å²) in [5.41, 5.74) is 3.60. The lowest BCUT2D eigenvalue weighted by Gasteiger charge is -2.20. The summed E-state index contributed by atoms with van der Waals surface area (Å²) >= 11 is 0. The second-order valence-corrected chi connectivity index (χ2v) is 5.56. The molecule has 3 nitrogen and oxygen atoms in total. The first-order chi connectivity index (χ1) is 10.7. The van der Waals surface area contributed by atoms with Gasteiger partial charge in [-0.25, -0.2) is 0 Å². The van der Waals surface area contributed by atoms with Crippen molar-refractivity contribution >= 4 is 16.9 Å². The maximum absolute atomic E-state index is 12.9. The van der Waals surface area contributed by atoms with Gasteiger partial charge in [-0.1, -0.05) is 48.0 Å². The van der Waals surface area contributed by atoms with E-state index in [4.69, 9.17) is 4.42 Å². The highest BCUT2D eigenvalue weighted by Gasteiger charge is 2.24. The van der Waals surface area contributed by atoms with Crippen LogP contribution >= 0.6 is 0 Å². The van der Waals surface area contributed by atoms with E-state index in [9.17, 15) is 4.79 Å².